The van der Waals surface area contributed by atoms with Gasteiger partial charge in [0.15, 0.2) is 0 Å². The van der Waals surface area contributed by atoms with Crippen LogP contribution in [0, 0.1) is 10.8 Å². The van der Waals surface area contributed by atoms with Crippen molar-refractivity contribution in [2.45, 2.75) is 33.7 Å². The molecule has 1 amide bonds. The minimum atomic E-state index is 0.0140. The monoisotopic (exact) mass is 256 g/mol. The largest absolute Gasteiger partial charge is 0.361 e. The lowest BCUT2D eigenvalue weighted by Crippen LogP contribution is -2.29. The first kappa shape index (κ1) is 12.3. The Balaban J connectivity index is 1.81. The molecule has 3 nitrogen and oxygen atoms in total. The van der Waals surface area contributed by atoms with Crippen LogP contribution in [0.25, 0.3) is 10.9 Å². The molecule has 1 aliphatic carbocycles. The first-order chi connectivity index (χ1) is 8.84. The summed E-state index contributed by atoms with van der Waals surface area (Å²) in [5.74, 6) is 0.0140. The predicted octanol–water partition coefficient (Wildman–Crippen LogP) is 3.33. The second kappa shape index (κ2) is 3.62. The van der Waals surface area contributed by atoms with E-state index in [0.29, 0.717) is 5.56 Å². The molecular weight excluding hydrogens is 236 g/mol. The van der Waals surface area contributed by atoms with Crippen molar-refractivity contribution >= 4 is 16.8 Å². The topological polar surface area (TPSA) is 44.9 Å². The summed E-state index contributed by atoms with van der Waals surface area (Å²) in [6.45, 7) is 8.80. The summed E-state index contributed by atoms with van der Waals surface area (Å²) < 4.78 is 0. The van der Waals surface area contributed by atoms with Crippen LogP contribution in [0.1, 0.15) is 38.1 Å². The van der Waals surface area contributed by atoms with Gasteiger partial charge in [0, 0.05) is 23.3 Å². The number of rotatable bonds is 2. The van der Waals surface area contributed by atoms with Gasteiger partial charge in [0.2, 0.25) is 0 Å². The molecule has 1 heterocycles. The number of aromatic amines is 1. The Hall–Kier alpha value is -1.77. The van der Waals surface area contributed by atoms with Gasteiger partial charge in [-0.25, -0.2) is 0 Å². The third-order valence-electron chi connectivity index (χ3n) is 5.11. The molecule has 1 aromatic carbocycles. The Kier molecular flexibility index (Phi) is 2.34. The first-order valence-electron chi connectivity index (χ1n) is 6.72. The fourth-order valence-corrected chi connectivity index (χ4v) is 2.96. The normalized spacial score (nSPS) is 20.4. The number of hydrogen-bond acceptors (Lipinski definition) is 1. The quantitative estimate of drug-likeness (QED) is 0.850. The molecule has 2 aromatic rings. The van der Waals surface area contributed by atoms with E-state index in [1.54, 1.807) is 0 Å². The first-order valence-corrected chi connectivity index (χ1v) is 6.72. The number of amides is 1. The van der Waals surface area contributed by atoms with Crippen molar-refractivity contribution in [1.82, 2.24) is 10.3 Å². The van der Waals surface area contributed by atoms with Crippen LogP contribution in [-0.4, -0.2) is 16.9 Å². The molecule has 0 radical (unpaired) electrons. The van der Waals surface area contributed by atoms with Crippen LogP contribution in [-0.2, 0) is 0 Å². The van der Waals surface area contributed by atoms with Gasteiger partial charge in [-0.15, -0.1) is 0 Å². The fourth-order valence-electron chi connectivity index (χ4n) is 2.96. The van der Waals surface area contributed by atoms with Crippen molar-refractivity contribution in [1.29, 1.82) is 0 Å². The van der Waals surface area contributed by atoms with E-state index in [4.69, 9.17) is 0 Å². The van der Waals surface area contributed by atoms with Gasteiger partial charge < -0.3 is 10.3 Å². The zero-order valence-corrected chi connectivity index (χ0v) is 11.9. The number of fused-ring (bicyclic) bond motifs is 1. The Morgan fingerprint density at radius 1 is 1.16 bits per heavy atom. The molecule has 0 atom stereocenters. The number of nitrogens with one attached hydrogen (secondary N) is 2. The zero-order valence-electron chi connectivity index (χ0n) is 11.9. The molecule has 0 bridgehead atoms. The molecule has 3 heteroatoms. The summed E-state index contributed by atoms with van der Waals surface area (Å²) in [6, 6.07) is 8.02. The van der Waals surface area contributed by atoms with Crippen molar-refractivity contribution in [3.63, 3.8) is 0 Å². The highest BCUT2D eigenvalue weighted by Gasteiger charge is 2.65. The molecule has 0 aliphatic heterocycles. The number of carbonyl (C=O) groups excluding carboxylic acids is 1. The van der Waals surface area contributed by atoms with Crippen LogP contribution >= 0.6 is 0 Å². The Labute approximate surface area is 113 Å². The third kappa shape index (κ3) is 1.68. The van der Waals surface area contributed by atoms with Crippen LogP contribution in [0.4, 0.5) is 0 Å². The van der Waals surface area contributed by atoms with Crippen molar-refractivity contribution < 1.29 is 4.79 Å². The smallest absolute Gasteiger partial charge is 0.251 e. The summed E-state index contributed by atoms with van der Waals surface area (Å²) in [5, 5.41) is 4.28. The van der Waals surface area contributed by atoms with E-state index in [2.05, 4.69) is 38.0 Å². The molecule has 1 aliphatic rings. The predicted molar refractivity (Wildman–Crippen MR) is 77.1 cm³/mol. The maximum absolute atomic E-state index is 12.3. The van der Waals surface area contributed by atoms with Crippen LogP contribution in [0.2, 0.25) is 0 Å². The highest BCUT2D eigenvalue weighted by molar-refractivity contribution is 5.98. The fraction of sp³-hybridized carbons (Fsp3) is 0.438. The average Bonchev–Trinajstić information content (AvgIpc) is 2.76. The van der Waals surface area contributed by atoms with Crippen molar-refractivity contribution in [3.05, 3.63) is 36.0 Å². The molecule has 0 spiro atoms. The lowest BCUT2D eigenvalue weighted by molar-refractivity contribution is 0.0944. The maximum Gasteiger partial charge on any atom is 0.251 e. The van der Waals surface area contributed by atoms with Crippen molar-refractivity contribution in [3.8, 4) is 0 Å². The molecular formula is C16H20N2O. The summed E-state index contributed by atoms with van der Waals surface area (Å²) in [6.07, 6.45) is 1.89. The Bertz CT molecular complexity index is 638. The molecule has 19 heavy (non-hydrogen) atoms. The third-order valence-corrected chi connectivity index (χ3v) is 5.11. The van der Waals surface area contributed by atoms with Gasteiger partial charge >= 0.3 is 0 Å². The van der Waals surface area contributed by atoms with Crippen LogP contribution in [0.3, 0.4) is 0 Å². The van der Waals surface area contributed by atoms with Crippen LogP contribution in [0.15, 0.2) is 30.5 Å². The zero-order chi connectivity index (χ0) is 13.8. The molecule has 3 rings (SSSR count). The van der Waals surface area contributed by atoms with E-state index in [1.165, 1.54) is 0 Å². The van der Waals surface area contributed by atoms with Gasteiger partial charge in [-0.2, -0.15) is 0 Å². The van der Waals surface area contributed by atoms with Gasteiger partial charge in [0.1, 0.15) is 0 Å². The molecule has 1 aromatic heterocycles. The summed E-state index contributed by atoms with van der Waals surface area (Å²) in [7, 11) is 0. The van der Waals surface area contributed by atoms with E-state index >= 15 is 0 Å². The molecule has 1 saturated carbocycles. The molecule has 0 unspecified atom stereocenters. The lowest BCUT2D eigenvalue weighted by atomic mass is 10.0. The number of H-pyrrole nitrogens is 1. The number of benzene rings is 1. The van der Waals surface area contributed by atoms with E-state index in [-0.39, 0.29) is 22.8 Å². The highest BCUT2D eigenvalue weighted by Crippen LogP contribution is 2.62. The lowest BCUT2D eigenvalue weighted by Gasteiger charge is -2.07. The van der Waals surface area contributed by atoms with Gasteiger partial charge in [0.25, 0.3) is 5.91 Å². The standard InChI is InChI=1S/C16H20N2O/c1-15(2)14(16(15,3)4)18-13(19)11-6-5-10-7-8-17-12(10)9-11/h5-9,14,17H,1-4H3,(H,18,19). The summed E-state index contributed by atoms with van der Waals surface area (Å²) in [4.78, 5) is 15.4. The number of carbonyl (C=O) groups is 1. The van der Waals surface area contributed by atoms with E-state index in [9.17, 15) is 4.79 Å². The van der Waals surface area contributed by atoms with E-state index in [0.717, 1.165) is 10.9 Å². The minimum absolute atomic E-state index is 0.0140. The van der Waals surface area contributed by atoms with Gasteiger partial charge in [-0.1, -0.05) is 33.8 Å². The minimum Gasteiger partial charge on any atom is -0.361 e. The van der Waals surface area contributed by atoms with Gasteiger partial charge in [0.05, 0.1) is 0 Å². The van der Waals surface area contributed by atoms with E-state index < -0.39 is 0 Å². The SMILES string of the molecule is CC1(C)C(NC(=O)c2ccc3cc[nH]c3c2)C1(C)C. The van der Waals surface area contributed by atoms with Crippen LogP contribution in [0.5, 0.6) is 0 Å². The average molecular weight is 256 g/mol. The van der Waals surface area contributed by atoms with Crippen LogP contribution < -0.4 is 5.32 Å². The maximum atomic E-state index is 12.3. The Morgan fingerprint density at radius 3 is 2.47 bits per heavy atom. The molecule has 1 fully saturated rings. The van der Waals surface area contributed by atoms with E-state index in [1.807, 2.05) is 30.5 Å². The van der Waals surface area contributed by atoms with Crippen molar-refractivity contribution in [2.75, 3.05) is 0 Å². The second-order valence-corrected chi connectivity index (χ2v) is 6.63. The van der Waals surface area contributed by atoms with Gasteiger partial charge in [-0.05, 0) is 34.4 Å². The van der Waals surface area contributed by atoms with Crippen molar-refractivity contribution in [2.24, 2.45) is 10.8 Å². The molecule has 100 valence electrons. The summed E-state index contributed by atoms with van der Waals surface area (Å²) >= 11 is 0. The number of hydrogen-bond donors (Lipinski definition) is 2. The van der Waals surface area contributed by atoms with Gasteiger partial charge in [-0.3, -0.25) is 4.79 Å². The second-order valence-electron chi connectivity index (χ2n) is 6.63. The number of aromatic nitrogens is 1. The highest BCUT2D eigenvalue weighted by atomic mass is 16.1. The molecule has 0 saturated heterocycles. The Morgan fingerprint density at radius 2 is 1.84 bits per heavy atom. The summed E-state index contributed by atoms with van der Waals surface area (Å²) in [5.41, 5.74) is 2.05. The molecule has 2 N–H and O–H groups in total.